The molecule has 0 aliphatic rings. The number of nitrogens with one attached hydrogen (secondary N) is 1. The van der Waals surface area contributed by atoms with E-state index in [0.29, 0.717) is 61.7 Å². The number of anilines is 1. The molecule has 8 rings (SSSR count). The molecule has 0 aliphatic heterocycles. The van der Waals surface area contributed by atoms with Gasteiger partial charge in [0, 0.05) is 22.0 Å². The molecule has 8 aromatic rings. The van der Waals surface area contributed by atoms with E-state index in [-0.39, 0.29) is 39.4 Å². The summed E-state index contributed by atoms with van der Waals surface area (Å²) in [5.74, 6) is -0.388. The highest BCUT2D eigenvalue weighted by atomic mass is 32.2. The molecule has 71 heavy (non-hydrogen) atoms. The molecule has 358 valence electrons. The average Bonchev–Trinajstić information content (AvgIpc) is 3.32. The van der Waals surface area contributed by atoms with Gasteiger partial charge < -0.3 is 20.3 Å². The second-order valence-corrected chi connectivity index (χ2v) is 18.9. The van der Waals surface area contributed by atoms with Crippen LogP contribution in [0.1, 0.15) is 32.6 Å². The molecule has 19 nitrogen and oxygen atoms in total. The summed E-state index contributed by atoms with van der Waals surface area (Å²) in [7, 11) is -8.08. The summed E-state index contributed by atoms with van der Waals surface area (Å²) < 4.78 is 73.2. The van der Waals surface area contributed by atoms with Gasteiger partial charge in [-0.1, -0.05) is 18.2 Å². The zero-order valence-corrected chi connectivity index (χ0v) is 39.9. The first kappa shape index (κ1) is 48.8. The van der Waals surface area contributed by atoms with Gasteiger partial charge in [-0.3, -0.25) is 13.9 Å². The predicted molar refractivity (Wildman–Crippen MR) is 267 cm³/mol. The Hall–Kier alpha value is -8.63. The van der Waals surface area contributed by atoms with E-state index in [1.807, 2.05) is 39.0 Å². The Morgan fingerprint density at radius 2 is 1.03 bits per heavy atom. The number of rotatable bonds is 13. The van der Waals surface area contributed by atoms with Crippen molar-refractivity contribution in [3.63, 3.8) is 0 Å². The minimum Gasteiger partial charge on any atom is -0.505 e. The van der Waals surface area contributed by atoms with Crippen molar-refractivity contribution in [1.82, 2.24) is 0 Å². The Kier molecular flexibility index (Phi) is 13.6. The molecule has 0 bridgehead atoms. The molecule has 0 saturated heterocycles. The van der Waals surface area contributed by atoms with E-state index in [9.17, 15) is 40.9 Å². The summed E-state index contributed by atoms with van der Waals surface area (Å²) in [6, 6.07) is 32.7. The van der Waals surface area contributed by atoms with E-state index in [2.05, 4.69) is 46.2 Å². The predicted octanol–water partition coefficient (Wildman–Crippen LogP) is 14.1. The maximum atomic E-state index is 12.9. The lowest BCUT2D eigenvalue weighted by molar-refractivity contribution is 0.102. The van der Waals surface area contributed by atoms with E-state index in [0.717, 1.165) is 34.9 Å². The van der Waals surface area contributed by atoms with Crippen molar-refractivity contribution < 1.29 is 45.7 Å². The van der Waals surface area contributed by atoms with E-state index in [4.69, 9.17) is 4.74 Å². The second kappa shape index (κ2) is 19.8. The summed E-state index contributed by atoms with van der Waals surface area (Å²) in [5.41, 5.74) is 6.74. The molecule has 0 aromatic heterocycles. The molecular formula is C50H41N9O10S2. The van der Waals surface area contributed by atoms with Crippen LogP contribution in [0.25, 0.3) is 21.5 Å². The van der Waals surface area contributed by atoms with Gasteiger partial charge in [-0.05, 0) is 170 Å². The zero-order valence-electron chi connectivity index (χ0n) is 38.3. The quantitative estimate of drug-likeness (QED) is 0.0537. The number of phenols is 2. The number of amides is 1. The Labute approximate surface area is 406 Å². The summed E-state index contributed by atoms with van der Waals surface area (Å²) in [6.45, 7) is 7.31. The summed E-state index contributed by atoms with van der Waals surface area (Å²) in [5, 5.41) is 59.7. The van der Waals surface area contributed by atoms with Crippen molar-refractivity contribution in [2.75, 3.05) is 12.4 Å². The Bertz CT molecular complexity index is 3840. The summed E-state index contributed by atoms with van der Waals surface area (Å²) >= 11 is 0. The molecule has 0 atom stereocenters. The SMILES string of the molecule is COc1cc(C(=O)Nc2ccc3c(O)c(N=Nc4cc(C)c(N=Nc5ccc(N=Nc6ccc(N=Nc7cc8c(S(=O)(=O)O)cccc8cc7S(=O)(=O)O)c(C)c6)c(C)c5)cc4C)ccc3c2)ccc1O. The Balaban J connectivity index is 0.919. The molecule has 1 amide bonds. The number of fused-ring (bicyclic) bond motifs is 2. The highest BCUT2D eigenvalue weighted by molar-refractivity contribution is 7.86. The minimum absolute atomic E-state index is 0.0193. The fourth-order valence-electron chi connectivity index (χ4n) is 7.32. The molecule has 0 unspecified atom stereocenters. The van der Waals surface area contributed by atoms with E-state index < -0.39 is 35.9 Å². The van der Waals surface area contributed by atoms with Crippen LogP contribution in [-0.2, 0) is 20.2 Å². The number of aryl methyl sites for hydroxylation is 4. The smallest absolute Gasteiger partial charge is 0.296 e. The molecule has 0 spiro atoms. The normalized spacial score (nSPS) is 12.3. The van der Waals surface area contributed by atoms with Crippen molar-refractivity contribution in [2.24, 2.45) is 40.9 Å². The van der Waals surface area contributed by atoms with Crippen molar-refractivity contribution in [3.8, 4) is 17.2 Å². The minimum atomic E-state index is -4.81. The van der Waals surface area contributed by atoms with E-state index >= 15 is 0 Å². The number of carbonyl (C=O) groups is 1. The molecule has 21 heteroatoms. The number of ether oxygens (including phenoxy) is 1. The number of azo groups is 4. The lowest BCUT2D eigenvalue weighted by Crippen LogP contribution is -2.11. The van der Waals surface area contributed by atoms with Crippen LogP contribution in [0.4, 0.5) is 51.2 Å². The topological polar surface area (TPSA) is 286 Å². The van der Waals surface area contributed by atoms with Crippen LogP contribution in [0, 0.1) is 27.7 Å². The fraction of sp³-hybridized carbons (Fsp3) is 0.100. The molecule has 5 N–H and O–H groups in total. The average molecular weight is 992 g/mol. The molecule has 0 heterocycles. The van der Waals surface area contributed by atoms with Gasteiger partial charge in [-0.15, -0.1) is 10.2 Å². The van der Waals surface area contributed by atoms with Gasteiger partial charge in [0.2, 0.25) is 0 Å². The van der Waals surface area contributed by atoms with Crippen LogP contribution >= 0.6 is 0 Å². The lowest BCUT2D eigenvalue weighted by Gasteiger charge is -2.10. The third kappa shape index (κ3) is 11.0. The van der Waals surface area contributed by atoms with Crippen LogP contribution in [0.2, 0.25) is 0 Å². The van der Waals surface area contributed by atoms with Crippen LogP contribution in [-0.4, -0.2) is 49.2 Å². The largest absolute Gasteiger partial charge is 0.505 e. The first-order chi connectivity index (χ1) is 33.7. The van der Waals surface area contributed by atoms with Crippen molar-refractivity contribution in [2.45, 2.75) is 37.5 Å². The lowest BCUT2D eigenvalue weighted by atomic mass is 10.1. The monoisotopic (exact) mass is 991 g/mol. The van der Waals surface area contributed by atoms with Gasteiger partial charge in [-0.25, -0.2) is 0 Å². The number of carbonyl (C=O) groups excluding carboxylic acids is 1. The highest BCUT2D eigenvalue weighted by Gasteiger charge is 2.21. The number of methoxy groups -OCH3 is 1. The fourth-order valence-corrected chi connectivity index (χ4v) is 8.67. The van der Waals surface area contributed by atoms with Crippen molar-refractivity contribution >= 4 is 98.9 Å². The van der Waals surface area contributed by atoms with Crippen LogP contribution < -0.4 is 10.1 Å². The zero-order chi connectivity index (χ0) is 50.8. The van der Waals surface area contributed by atoms with Crippen LogP contribution in [0.3, 0.4) is 0 Å². The molecule has 0 fully saturated rings. The molecule has 0 saturated carbocycles. The summed E-state index contributed by atoms with van der Waals surface area (Å²) in [6.07, 6.45) is 0. The van der Waals surface area contributed by atoms with Crippen molar-refractivity contribution in [1.29, 1.82) is 0 Å². The Morgan fingerprint density at radius 3 is 1.63 bits per heavy atom. The Morgan fingerprint density at radius 1 is 0.493 bits per heavy atom. The number of hydrogen-bond acceptors (Lipinski definition) is 16. The van der Waals surface area contributed by atoms with Gasteiger partial charge in [0.25, 0.3) is 26.1 Å². The van der Waals surface area contributed by atoms with Crippen LogP contribution in [0.5, 0.6) is 17.2 Å². The van der Waals surface area contributed by atoms with E-state index in [1.165, 1.54) is 37.4 Å². The molecular weight excluding hydrogens is 951 g/mol. The number of benzene rings is 8. The first-order valence-corrected chi connectivity index (χ1v) is 24.1. The van der Waals surface area contributed by atoms with Crippen LogP contribution in [0.15, 0.2) is 178 Å². The standard InChI is InChI=1S/C50H41N9O10S2/c1-27-19-36(12-16-39(27)54-52-35-13-17-40(28(2)20-35)55-59-44-26-38-31(25-48(44)71(66,67)68)7-6-8-47(38)70(63,64)65)53-57-42-21-30(4)43(22-29(42)3)58-56-41-15-9-32-23-34(11-14-37(32)49(41)61)51-50(62)33-10-18-45(60)46(24-33)69-5/h6-26,60-61H,1-5H3,(H,51,62)(H,63,64,65)(H,66,67,68). The third-order valence-corrected chi connectivity index (χ3v) is 12.9. The van der Waals surface area contributed by atoms with E-state index in [1.54, 1.807) is 67.6 Å². The van der Waals surface area contributed by atoms with Gasteiger partial charge >= 0.3 is 0 Å². The highest BCUT2D eigenvalue weighted by Crippen LogP contribution is 2.39. The molecule has 0 aliphatic carbocycles. The summed E-state index contributed by atoms with van der Waals surface area (Å²) in [4.78, 5) is 11.8. The number of nitrogens with zero attached hydrogens (tertiary/aromatic N) is 8. The number of phenolic OH excluding ortho intramolecular Hbond substituents is 2. The molecule has 8 aromatic carbocycles. The molecule has 0 radical (unpaired) electrons. The number of aromatic hydroxyl groups is 2. The second-order valence-electron chi connectivity index (χ2n) is 16.1. The van der Waals surface area contributed by atoms with Crippen molar-refractivity contribution in [3.05, 3.63) is 155 Å². The number of hydrogen-bond donors (Lipinski definition) is 5. The first-order valence-electron chi connectivity index (χ1n) is 21.2. The van der Waals surface area contributed by atoms with Gasteiger partial charge in [0.1, 0.15) is 21.2 Å². The maximum absolute atomic E-state index is 12.9. The third-order valence-electron chi connectivity index (χ3n) is 11.1. The van der Waals surface area contributed by atoms with Gasteiger partial charge in [0.05, 0.1) is 41.2 Å². The maximum Gasteiger partial charge on any atom is 0.296 e. The van der Waals surface area contributed by atoms with Gasteiger partial charge in [-0.2, -0.15) is 47.5 Å². The van der Waals surface area contributed by atoms with Gasteiger partial charge in [0.15, 0.2) is 17.2 Å².